The number of rotatable bonds is 5. The van der Waals surface area contributed by atoms with Crippen molar-refractivity contribution >= 4 is 23.4 Å². The molecule has 0 aromatic carbocycles. The van der Waals surface area contributed by atoms with Gasteiger partial charge in [0.25, 0.3) is 5.91 Å². The van der Waals surface area contributed by atoms with Crippen molar-refractivity contribution in [1.29, 1.82) is 0 Å². The first-order chi connectivity index (χ1) is 17.9. The van der Waals surface area contributed by atoms with Crippen molar-refractivity contribution in [2.75, 3.05) is 20.3 Å². The van der Waals surface area contributed by atoms with Gasteiger partial charge in [0.05, 0.1) is 18.9 Å². The van der Waals surface area contributed by atoms with Crippen LogP contribution in [0.15, 0.2) is 16.8 Å². The van der Waals surface area contributed by atoms with Crippen LogP contribution in [-0.2, 0) is 24.0 Å². The number of Topliss-reactive ketones (excluding diaryl/α,β-unsaturated/α-hetero) is 1. The van der Waals surface area contributed by atoms with Crippen LogP contribution in [0.4, 0.5) is 0 Å². The molecule has 8 atom stereocenters. The van der Waals surface area contributed by atoms with Gasteiger partial charge in [0.2, 0.25) is 0 Å². The van der Waals surface area contributed by atoms with E-state index >= 15 is 0 Å². The molecule has 4 fully saturated rings. The Balaban J connectivity index is 1.25. The lowest BCUT2D eigenvalue weighted by atomic mass is 9.46. The summed E-state index contributed by atoms with van der Waals surface area (Å²) in [6.45, 7) is 5.85. The third-order valence-electron chi connectivity index (χ3n) is 11.2. The SMILES string of the molecule is COC(=O)[C@@H]1C[C@H](O)CN1C(=O)CO/N=C1\C=C2CC[C@@H]3[C@H](CC[C@@]4(C)[C@H]3CC[C@]4(O)C(C)=O)[C@@]2(C)CC1. The molecule has 5 rings (SSSR count). The van der Waals surface area contributed by atoms with Crippen molar-refractivity contribution in [3.05, 3.63) is 11.6 Å². The number of ketones is 1. The summed E-state index contributed by atoms with van der Waals surface area (Å²) in [7, 11) is 1.27. The predicted octanol–water partition coefficient (Wildman–Crippen LogP) is 2.78. The topological polar surface area (TPSA) is 126 Å². The van der Waals surface area contributed by atoms with Crippen LogP contribution in [0, 0.1) is 28.6 Å². The monoisotopic (exact) mass is 530 g/mol. The molecule has 1 heterocycles. The van der Waals surface area contributed by atoms with Crippen molar-refractivity contribution in [2.24, 2.45) is 33.7 Å². The molecule has 1 aliphatic heterocycles. The van der Waals surface area contributed by atoms with Crippen LogP contribution in [-0.4, -0.2) is 76.5 Å². The van der Waals surface area contributed by atoms with Crippen LogP contribution in [0.3, 0.4) is 0 Å². The minimum absolute atomic E-state index is 0.0649. The number of β-amino-alcohol motifs (C(OH)–C–C–N with tert-alkyl or cyclic N) is 1. The molecule has 9 heteroatoms. The fraction of sp³-hybridized carbons (Fsp3) is 0.793. The minimum Gasteiger partial charge on any atom is -0.467 e. The minimum atomic E-state index is -1.19. The number of likely N-dealkylation sites (tertiary alicyclic amines) is 1. The second-order valence-corrected chi connectivity index (χ2v) is 12.7. The second kappa shape index (κ2) is 9.73. The molecule has 1 saturated heterocycles. The lowest BCUT2D eigenvalue weighted by molar-refractivity contribution is -0.159. The summed E-state index contributed by atoms with van der Waals surface area (Å²) >= 11 is 0. The number of oxime groups is 1. The van der Waals surface area contributed by atoms with Gasteiger partial charge in [0, 0.05) is 18.4 Å². The number of fused-ring (bicyclic) bond motifs is 5. The number of aliphatic hydroxyl groups is 2. The third kappa shape index (κ3) is 4.12. The van der Waals surface area contributed by atoms with Crippen LogP contribution in [0.5, 0.6) is 0 Å². The molecule has 5 aliphatic rings. The number of methoxy groups -OCH3 is 1. The van der Waals surface area contributed by atoms with Crippen LogP contribution < -0.4 is 0 Å². The van der Waals surface area contributed by atoms with Gasteiger partial charge in [-0.2, -0.15) is 0 Å². The third-order valence-corrected chi connectivity index (χ3v) is 11.2. The average molecular weight is 531 g/mol. The summed E-state index contributed by atoms with van der Waals surface area (Å²) < 4.78 is 4.76. The largest absolute Gasteiger partial charge is 0.467 e. The number of esters is 1. The summed E-state index contributed by atoms with van der Waals surface area (Å²) in [5.41, 5.74) is 0.746. The van der Waals surface area contributed by atoms with Crippen LogP contribution in [0.1, 0.15) is 78.6 Å². The van der Waals surface area contributed by atoms with E-state index in [-0.39, 0.29) is 36.2 Å². The standard InChI is InChI=1S/C29H42N2O7/c1-17(32)29(36)12-9-23-21-6-5-18-13-19(7-10-27(18,2)22(21)8-11-28(23,29)3)30-38-16-25(34)31-15-20(33)14-24(31)26(35)37-4/h13,20-24,33,36H,5-12,14-16H2,1-4H3/b30-19-/t20-,21+,22-,23-,24-,27-,28-,29-/m0/s1. The molecule has 2 N–H and O–H groups in total. The highest BCUT2D eigenvalue weighted by Gasteiger charge is 2.65. The van der Waals surface area contributed by atoms with Gasteiger partial charge in [0.15, 0.2) is 12.4 Å². The van der Waals surface area contributed by atoms with E-state index in [0.717, 1.165) is 50.7 Å². The Kier molecular flexibility index (Phi) is 7.00. The van der Waals surface area contributed by atoms with Crippen LogP contribution in [0.2, 0.25) is 0 Å². The molecule has 4 aliphatic carbocycles. The molecule has 3 saturated carbocycles. The zero-order chi connectivity index (χ0) is 27.5. The number of ether oxygens (including phenoxy) is 1. The lowest BCUT2D eigenvalue weighted by Crippen LogP contribution is -2.57. The maximum atomic E-state index is 12.7. The highest BCUT2D eigenvalue weighted by molar-refractivity contribution is 5.96. The van der Waals surface area contributed by atoms with Gasteiger partial charge in [-0.3, -0.25) is 9.59 Å². The fourth-order valence-corrected chi connectivity index (χ4v) is 8.94. The molecule has 0 spiro atoms. The number of amides is 1. The van der Waals surface area contributed by atoms with Gasteiger partial charge < -0.3 is 24.7 Å². The van der Waals surface area contributed by atoms with E-state index in [1.807, 2.05) is 0 Å². The Bertz CT molecular complexity index is 1070. The summed E-state index contributed by atoms with van der Waals surface area (Å²) in [5, 5.41) is 25.5. The van der Waals surface area contributed by atoms with Crippen molar-refractivity contribution in [1.82, 2.24) is 4.90 Å². The number of nitrogens with zero attached hydrogens (tertiary/aromatic N) is 2. The lowest BCUT2D eigenvalue weighted by Gasteiger charge is -2.59. The van der Waals surface area contributed by atoms with E-state index in [1.54, 1.807) is 6.92 Å². The molecule has 0 radical (unpaired) electrons. The highest BCUT2D eigenvalue weighted by Crippen LogP contribution is 2.67. The zero-order valence-corrected chi connectivity index (χ0v) is 23.1. The molecule has 0 bridgehead atoms. The van der Waals surface area contributed by atoms with Gasteiger partial charge in [-0.25, -0.2) is 4.79 Å². The van der Waals surface area contributed by atoms with E-state index in [2.05, 4.69) is 25.1 Å². The quantitative estimate of drug-likeness (QED) is 0.414. The maximum Gasteiger partial charge on any atom is 0.328 e. The first-order valence-corrected chi connectivity index (χ1v) is 14.1. The molecule has 9 nitrogen and oxygen atoms in total. The van der Waals surface area contributed by atoms with Crippen molar-refractivity contribution in [3.8, 4) is 0 Å². The predicted molar refractivity (Wildman–Crippen MR) is 139 cm³/mol. The van der Waals surface area contributed by atoms with Crippen molar-refractivity contribution in [2.45, 2.75) is 96.3 Å². The average Bonchev–Trinajstić information content (AvgIpc) is 3.41. The van der Waals surface area contributed by atoms with Crippen molar-refractivity contribution in [3.63, 3.8) is 0 Å². The Morgan fingerprint density at radius 2 is 1.84 bits per heavy atom. The smallest absolute Gasteiger partial charge is 0.328 e. The Morgan fingerprint density at radius 3 is 2.55 bits per heavy atom. The molecule has 0 unspecified atom stereocenters. The van der Waals surface area contributed by atoms with E-state index in [4.69, 9.17) is 9.57 Å². The van der Waals surface area contributed by atoms with E-state index in [1.165, 1.54) is 17.6 Å². The molecule has 0 aromatic rings. The second-order valence-electron chi connectivity index (χ2n) is 12.7. The van der Waals surface area contributed by atoms with Gasteiger partial charge in [-0.15, -0.1) is 0 Å². The van der Waals surface area contributed by atoms with E-state index in [0.29, 0.717) is 24.2 Å². The summed E-state index contributed by atoms with van der Waals surface area (Å²) in [5.74, 6) is 0.381. The number of allylic oxidation sites excluding steroid dienone is 2. The molecule has 1 amide bonds. The molecule has 0 aromatic heterocycles. The summed E-state index contributed by atoms with van der Waals surface area (Å²) in [6, 6.07) is -0.796. The van der Waals surface area contributed by atoms with Crippen LogP contribution >= 0.6 is 0 Å². The van der Waals surface area contributed by atoms with E-state index in [9.17, 15) is 24.6 Å². The Labute approximate surface area is 224 Å². The molecular weight excluding hydrogens is 488 g/mol. The van der Waals surface area contributed by atoms with Gasteiger partial charge in [-0.05, 0) is 87.5 Å². The van der Waals surface area contributed by atoms with E-state index < -0.39 is 29.6 Å². The first-order valence-electron chi connectivity index (χ1n) is 14.1. The Morgan fingerprint density at radius 1 is 1.11 bits per heavy atom. The maximum absolute atomic E-state index is 12.7. The fourth-order valence-electron chi connectivity index (χ4n) is 8.94. The number of hydrogen-bond acceptors (Lipinski definition) is 8. The zero-order valence-electron chi connectivity index (χ0n) is 23.1. The van der Waals surface area contributed by atoms with Crippen LogP contribution in [0.25, 0.3) is 0 Å². The normalized spacial score (nSPS) is 43.1. The van der Waals surface area contributed by atoms with Crippen molar-refractivity contribution < 1.29 is 34.2 Å². The number of carbonyl (C=O) groups excluding carboxylic acids is 3. The van der Waals surface area contributed by atoms with Gasteiger partial charge in [-0.1, -0.05) is 24.6 Å². The molecule has 210 valence electrons. The molecular formula is C29H42N2O7. The van der Waals surface area contributed by atoms with Gasteiger partial charge in [0.1, 0.15) is 11.6 Å². The highest BCUT2D eigenvalue weighted by atomic mass is 16.6. The number of aliphatic hydroxyl groups excluding tert-OH is 1. The molecule has 38 heavy (non-hydrogen) atoms. The first kappa shape index (κ1) is 27.3. The summed E-state index contributed by atoms with van der Waals surface area (Å²) in [4.78, 5) is 43.8. The summed E-state index contributed by atoms with van der Waals surface area (Å²) in [6.07, 6.45) is 8.67. The van der Waals surface area contributed by atoms with Gasteiger partial charge >= 0.3 is 5.97 Å². The number of carbonyl (C=O) groups is 3. The number of hydrogen-bond donors (Lipinski definition) is 2. The Hall–Kier alpha value is -2.26.